The summed E-state index contributed by atoms with van der Waals surface area (Å²) in [6.07, 6.45) is 4.38. The van der Waals surface area contributed by atoms with Crippen molar-refractivity contribution in [1.82, 2.24) is 19.7 Å². The first-order valence-corrected chi connectivity index (χ1v) is 12.2. The van der Waals surface area contributed by atoms with Crippen molar-refractivity contribution in [2.75, 3.05) is 29.0 Å². The van der Waals surface area contributed by atoms with E-state index in [1.807, 2.05) is 55.7 Å². The van der Waals surface area contributed by atoms with E-state index in [2.05, 4.69) is 26.0 Å². The summed E-state index contributed by atoms with van der Waals surface area (Å²) in [6, 6.07) is 16.4. The van der Waals surface area contributed by atoms with Gasteiger partial charge in [0.1, 0.15) is 5.82 Å². The van der Waals surface area contributed by atoms with Crippen LogP contribution in [-0.4, -0.2) is 55.9 Å². The Hall–Kier alpha value is -4.44. The van der Waals surface area contributed by atoms with Crippen LogP contribution in [0, 0.1) is 0 Å². The minimum absolute atomic E-state index is 0.226. The van der Waals surface area contributed by atoms with Crippen molar-refractivity contribution in [1.29, 1.82) is 0 Å². The maximum Gasteiger partial charge on any atom is 0.323 e. The molecule has 0 spiro atoms. The van der Waals surface area contributed by atoms with Crippen molar-refractivity contribution in [2.24, 2.45) is 7.05 Å². The summed E-state index contributed by atoms with van der Waals surface area (Å²) in [7, 11) is 1.86. The molecular weight excluding hydrogens is 470 g/mol. The third-order valence-electron chi connectivity index (χ3n) is 6.35. The molecule has 3 amide bonds. The van der Waals surface area contributed by atoms with E-state index in [4.69, 9.17) is 0 Å². The number of para-hydroxylation sites is 1. The highest BCUT2D eigenvalue weighted by Crippen LogP contribution is 2.22. The van der Waals surface area contributed by atoms with Crippen LogP contribution in [0.25, 0.3) is 10.9 Å². The van der Waals surface area contributed by atoms with Crippen molar-refractivity contribution < 1.29 is 14.7 Å². The lowest BCUT2D eigenvalue weighted by molar-refractivity contribution is 0.0971. The largest absolute Gasteiger partial charge is 0.393 e. The molecule has 190 valence electrons. The zero-order valence-corrected chi connectivity index (χ0v) is 20.5. The topological polar surface area (TPSA) is 124 Å². The van der Waals surface area contributed by atoms with Crippen LogP contribution >= 0.6 is 0 Å². The van der Waals surface area contributed by atoms with Gasteiger partial charge in [-0.3, -0.25) is 14.8 Å². The summed E-state index contributed by atoms with van der Waals surface area (Å²) in [5.41, 5.74) is 3.58. The number of hydrogen-bond acceptors (Lipinski definition) is 6. The van der Waals surface area contributed by atoms with Crippen molar-refractivity contribution in [3.8, 4) is 0 Å². The Bertz CT molecular complexity index is 1430. The lowest BCUT2D eigenvalue weighted by atomic mass is 10.1. The highest BCUT2D eigenvalue weighted by molar-refractivity contribution is 6.08. The minimum atomic E-state index is -0.342. The molecule has 10 nitrogen and oxygen atoms in total. The number of nitrogens with one attached hydrogen (secondary N) is 3. The predicted octanol–water partition coefficient (Wildman–Crippen LogP) is 3.82. The van der Waals surface area contributed by atoms with E-state index in [-0.39, 0.29) is 18.0 Å². The Kier molecular flexibility index (Phi) is 7.00. The van der Waals surface area contributed by atoms with Crippen molar-refractivity contribution >= 4 is 40.0 Å². The Morgan fingerprint density at radius 1 is 1.05 bits per heavy atom. The number of aliphatic hydroxyl groups excluding tert-OH is 1. The van der Waals surface area contributed by atoms with Crippen LogP contribution < -0.4 is 16.0 Å². The SMILES string of the molecule is Cn1cc2ccc(NC(=O)c3ccccc3NCc3ccnc(NC(=O)N4CCC(O)CC4)c3)cc2n1. The molecule has 1 saturated heterocycles. The summed E-state index contributed by atoms with van der Waals surface area (Å²) in [6.45, 7) is 1.47. The molecule has 0 unspecified atom stereocenters. The van der Waals surface area contributed by atoms with Crippen LogP contribution in [0.1, 0.15) is 28.8 Å². The maximum atomic E-state index is 13.1. The number of hydrogen-bond donors (Lipinski definition) is 4. The van der Waals surface area contributed by atoms with E-state index in [1.54, 1.807) is 27.9 Å². The summed E-state index contributed by atoms with van der Waals surface area (Å²) in [4.78, 5) is 31.5. The van der Waals surface area contributed by atoms with Gasteiger partial charge in [0.05, 0.1) is 17.2 Å². The molecule has 10 heteroatoms. The third-order valence-corrected chi connectivity index (χ3v) is 6.35. The molecule has 4 aromatic rings. The first-order valence-electron chi connectivity index (χ1n) is 12.2. The fourth-order valence-electron chi connectivity index (χ4n) is 4.36. The second-order valence-corrected chi connectivity index (χ2v) is 9.13. The molecule has 0 radical (unpaired) electrons. The Morgan fingerprint density at radius 2 is 1.86 bits per heavy atom. The summed E-state index contributed by atoms with van der Waals surface area (Å²) >= 11 is 0. The molecule has 0 aliphatic carbocycles. The number of benzene rings is 2. The van der Waals surface area contributed by atoms with Gasteiger partial charge in [-0.15, -0.1) is 0 Å². The second-order valence-electron chi connectivity index (χ2n) is 9.13. The number of amides is 3. The van der Waals surface area contributed by atoms with E-state index in [9.17, 15) is 14.7 Å². The average molecular weight is 500 g/mol. The lowest BCUT2D eigenvalue weighted by Crippen LogP contribution is -2.42. The number of piperidine rings is 1. The number of carbonyl (C=O) groups is 2. The molecule has 1 aliphatic rings. The molecule has 4 N–H and O–H groups in total. The molecule has 5 rings (SSSR count). The number of carbonyl (C=O) groups excluding carboxylic acids is 2. The average Bonchev–Trinajstić information content (AvgIpc) is 3.27. The van der Waals surface area contributed by atoms with Gasteiger partial charge in [0.15, 0.2) is 0 Å². The molecule has 1 fully saturated rings. The summed E-state index contributed by atoms with van der Waals surface area (Å²) < 4.78 is 1.74. The normalized spacial score (nSPS) is 13.9. The lowest BCUT2D eigenvalue weighted by Gasteiger charge is -2.29. The fourth-order valence-corrected chi connectivity index (χ4v) is 4.36. The monoisotopic (exact) mass is 499 g/mol. The first-order chi connectivity index (χ1) is 17.9. The summed E-state index contributed by atoms with van der Waals surface area (Å²) in [5, 5.41) is 24.2. The Labute approximate surface area is 214 Å². The van der Waals surface area contributed by atoms with E-state index >= 15 is 0 Å². The highest BCUT2D eigenvalue weighted by atomic mass is 16.3. The van der Waals surface area contributed by atoms with Crippen molar-refractivity contribution in [2.45, 2.75) is 25.5 Å². The molecule has 3 heterocycles. The standard InChI is InChI=1S/C27H29N7O3/c1-33-17-19-6-7-20(15-24(19)32-33)30-26(36)22-4-2-3-5-23(22)29-16-18-8-11-28-25(14-18)31-27(37)34-12-9-21(35)10-13-34/h2-8,11,14-15,17,21,29,35H,9-10,12-13,16H2,1H3,(H,30,36)(H,28,31,37). The zero-order valence-electron chi connectivity index (χ0n) is 20.5. The number of likely N-dealkylation sites (tertiary alicyclic amines) is 1. The zero-order chi connectivity index (χ0) is 25.8. The number of rotatable bonds is 6. The van der Waals surface area contributed by atoms with Gasteiger partial charge in [-0.2, -0.15) is 5.10 Å². The Balaban J connectivity index is 1.22. The second kappa shape index (κ2) is 10.7. The number of urea groups is 1. The van der Waals surface area contributed by atoms with Gasteiger partial charge in [-0.1, -0.05) is 12.1 Å². The number of aliphatic hydroxyl groups is 1. The highest BCUT2D eigenvalue weighted by Gasteiger charge is 2.21. The molecule has 2 aromatic heterocycles. The van der Waals surface area contributed by atoms with Gasteiger partial charge in [0.2, 0.25) is 0 Å². The van der Waals surface area contributed by atoms with Gasteiger partial charge in [-0.05, 0) is 60.9 Å². The van der Waals surface area contributed by atoms with Crippen LogP contribution in [0.15, 0.2) is 67.0 Å². The number of aromatic nitrogens is 3. The number of aryl methyl sites for hydroxylation is 1. The smallest absolute Gasteiger partial charge is 0.323 e. The fraction of sp³-hybridized carbons (Fsp3) is 0.259. The van der Waals surface area contributed by atoms with Crippen LogP contribution in [0.2, 0.25) is 0 Å². The molecule has 0 saturated carbocycles. The van der Waals surface area contributed by atoms with Gasteiger partial charge < -0.3 is 20.6 Å². The quantitative estimate of drug-likeness (QED) is 0.320. The van der Waals surface area contributed by atoms with Crippen LogP contribution in [0.4, 0.5) is 22.0 Å². The molecule has 37 heavy (non-hydrogen) atoms. The summed E-state index contributed by atoms with van der Waals surface area (Å²) in [5.74, 6) is 0.221. The molecular formula is C27H29N7O3. The van der Waals surface area contributed by atoms with Crippen molar-refractivity contribution in [3.63, 3.8) is 0 Å². The predicted molar refractivity (Wildman–Crippen MR) is 143 cm³/mol. The maximum absolute atomic E-state index is 13.1. The van der Waals surface area contributed by atoms with Crippen LogP contribution in [-0.2, 0) is 13.6 Å². The number of nitrogens with zero attached hydrogens (tertiary/aromatic N) is 4. The van der Waals surface area contributed by atoms with E-state index < -0.39 is 0 Å². The van der Waals surface area contributed by atoms with Crippen LogP contribution in [0.3, 0.4) is 0 Å². The minimum Gasteiger partial charge on any atom is -0.393 e. The van der Waals surface area contributed by atoms with Gasteiger partial charge in [0, 0.05) is 55.8 Å². The third kappa shape index (κ3) is 5.87. The number of pyridine rings is 1. The van der Waals surface area contributed by atoms with E-state index in [0.717, 1.165) is 16.5 Å². The number of fused-ring (bicyclic) bond motifs is 1. The van der Waals surface area contributed by atoms with Gasteiger partial charge in [0.25, 0.3) is 5.91 Å². The van der Waals surface area contributed by atoms with Gasteiger partial charge in [-0.25, -0.2) is 9.78 Å². The van der Waals surface area contributed by atoms with Crippen molar-refractivity contribution in [3.05, 3.63) is 78.1 Å². The number of anilines is 3. The van der Waals surface area contributed by atoms with Crippen LogP contribution in [0.5, 0.6) is 0 Å². The molecule has 1 aliphatic heterocycles. The van der Waals surface area contributed by atoms with E-state index in [0.29, 0.717) is 55.2 Å². The van der Waals surface area contributed by atoms with Gasteiger partial charge >= 0.3 is 6.03 Å². The van der Waals surface area contributed by atoms with E-state index in [1.165, 1.54) is 0 Å². The molecule has 0 bridgehead atoms. The first kappa shape index (κ1) is 24.3. The molecule has 0 atom stereocenters. The Morgan fingerprint density at radius 3 is 2.70 bits per heavy atom. The molecule has 2 aromatic carbocycles.